The summed E-state index contributed by atoms with van der Waals surface area (Å²) in [5, 5.41) is 20.0. The van der Waals surface area contributed by atoms with Crippen LogP contribution in [0.25, 0.3) is 0 Å². The second-order valence-electron chi connectivity index (χ2n) is 5.02. The Morgan fingerprint density at radius 1 is 1.05 bits per heavy atom. The molecule has 0 aliphatic heterocycles. The SMILES string of the molecule is OCC(CO)(Cc1cc(Cl)ccc1F)c1ccc(Br)cc1. The van der Waals surface area contributed by atoms with Crippen LogP contribution >= 0.6 is 27.5 Å². The van der Waals surface area contributed by atoms with Crippen LogP contribution in [0.2, 0.25) is 5.02 Å². The molecule has 2 N–H and O–H groups in total. The summed E-state index contributed by atoms with van der Waals surface area (Å²) < 4.78 is 14.8. The minimum atomic E-state index is -0.952. The van der Waals surface area contributed by atoms with Gasteiger partial charge in [0.25, 0.3) is 0 Å². The first-order chi connectivity index (χ1) is 10.0. The monoisotopic (exact) mass is 372 g/mol. The molecule has 0 aliphatic carbocycles. The normalized spacial score (nSPS) is 11.7. The summed E-state index contributed by atoms with van der Waals surface area (Å²) in [6.07, 6.45) is 0.161. The molecule has 0 spiro atoms. The van der Waals surface area contributed by atoms with Gasteiger partial charge in [-0.25, -0.2) is 4.39 Å². The van der Waals surface area contributed by atoms with E-state index in [2.05, 4.69) is 15.9 Å². The molecule has 0 fully saturated rings. The Bertz CT molecular complexity index is 612. The lowest BCUT2D eigenvalue weighted by Gasteiger charge is -2.31. The summed E-state index contributed by atoms with van der Waals surface area (Å²) in [4.78, 5) is 0. The Morgan fingerprint density at radius 2 is 1.67 bits per heavy atom. The smallest absolute Gasteiger partial charge is 0.126 e. The molecule has 0 unspecified atom stereocenters. The topological polar surface area (TPSA) is 40.5 Å². The van der Waals surface area contributed by atoms with E-state index in [1.807, 2.05) is 12.1 Å². The lowest BCUT2D eigenvalue weighted by Crippen LogP contribution is -2.37. The van der Waals surface area contributed by atoms with Gasteiger partial charge in [0.2, 0.25) is 0 Å². The molecule has 0 saturated heterocycles. The minimum absolute atomic E-state index is 0.161. The molecule has 0 bridgehead atoms. The Balaban J connectivity index is 2.42. The van der Waals surface area contributed by atoms with Gasteiger partial charge >= 0.3 is 0 Å². The van der Waals surface area contributed by atoms with Crippen molar-refractivity contribution >= 4 is 27.5 Å². The van der Waals surface area contributed by atoms with Crippen molar-refractivity contribution in [2.45, 2.75) is 11.8 Å². The average molecular weight is 374 g/mol. The first kappa shape index (κ1) is 16.4. The maximum Gasteiger partial charge on any atom is 0.126 e. The van der Waals surface area contributed by atoms with Gasteiger partial charge in [0.1, 0.15) is 5.82 Å². The lowest BCUT2D eigenvalue weighted by molar-refractivity contribution is 0.115. The van der Waals surface area contributed by atoms with Crippen molar-refractivity contribution in [3.05, 3.63) is 68.9 Å². The number of hydrogen-bond acceptors (Lipinski definition) is 2. The molecular formula is C16H15BrClFO2. The summed E-state index contributed by atoms with van der Waals surface area (Å²) in [5.74, 6) is -0.400. The molecule has 0 heterocycles. The van der Waals surface area contributed by atoms with Gasteiger partial charge in [-0.3, -0.25) is 0 Å². The van der Waals surface area contributed by atoms with E-state index in [1.165, 1.54) is 18.2 Å². The van der Waals surface area contributed by atoms with Gasteiger partial charge in [0.15, 0.2) is 0 Å². The van der Waals surface area contributed by atoms with Crippen LogP contribution < -0.4 is 0 Å². The number of aliphatic hydroxyl groups is 2. The van der Waals surface area contributed by atoms with Gasteiger partial charge in [-0.2, -0.15) is 0 Å². The van der Waals surface area contributed by atoms with Crippen LogP contribution in [0, 0.1) is 5.82 Å². The van der Waals surface area contributed by atoms with Crippen LogP contribution in [0.4, 0.5) is 4.39 Å². The Labute approximate surface area is 136 Å². The molecule has 0 aliphatic rings. The highest BCUT2D eigenvalue weighted by molar-refractivity contribution is 9.10. The Hall–Kier alpha value is -0.940. The van der Waals surface area contributed by atoms with E-state index in [-0.39, 0.29) is 19.6 Å². The zero-order valence-electron chi connectivity index (χ0n) is 11.2. The van der Waals surface area contributed by atoms with E-state index < -0.39 is 11.2 Å². The number of halogens is 3. The van der Waals surface area contributed by atoms with E-state index in [0.717, 1.165) is 10.0 Å². The number of aliphatic hydroxyl groups excluding tert-OH is 2. The van der Waals surface area contributed by atoms with Crippen LogP contribution in [-0.4, -0.2) is 23.4 Å². The molecule has 0 radical (unpaired) electrons. The van der Waals surface area contributed by atoms with Crippen LogP contribution in [-0.2, 0) is 11.8 Å². The van der Waals surface area contributed by atoms with Crippen molar-refractivity contribution in [2.75, 3.05) is 13.2 Å². The molecule has 0 amide bonds. The molecule has 2 aromatic carbocycles. The van der Waals surface area contributed by atoms with Crippen molar-refractivity contribution in [3.8, 4) is 0 Å². The lowest BCUT2D eigenvalue weighted by atomic mass is 9.77. The van der Waals surface area contributed by atoms with Crippen molar-refractivity contribution in [2.24, 2.45) is 0 Å². The van der Waals surface area contributed by atoms with E-state index >= 15 is 0 Å². The Kier molecular flexibility index (Phi) is 5.38. The van der Waals surface area contributed by atoms with Crippen molar-refractivity contribution in [1.82, 2.24) is 0 Å². The quantitative estimate of drug-likeness (QED) is 0.839. The number of rotatable bonds is 5. The molecule has 2 rings (SSSR count). The second-order valence-corrected chi connectivity index (χ2v) is 6.37. The van der Waals surface area contributed by atoms with Crippen LogP contribution in [0.3, 0.4) is 0 Å². The Morgan fingerprint density at radius 3 is 2.24 bits per heavy atom. The third-order valence-corrected chi connectivity index (χ3v) is 4.36. The molecule has 0 aromatic heterocycles. The predicted octanol–water partition coefficient (Wildman–Crippen LogP) is 3.71. The zero-order valence-corrected chi connectivity index (χ0v) is 13.5. The van der Waals surface area contributed by atoms with Gasteiger partial charge in [-0.1, -0.05) is 39.7 Å². The van der Waals surface area contributed by atoms with Gasteiger partial charge in [0.05, 0.1) is 13.2 Å². The molecule has 0 atom stereocenters. The van der Waals surface area contributed by atoms with E-state index in [0.29, 0.717) is 10.6 Å². The summed E-state index contributed by atoms with van der Waals surface area (Å²) in [7, 11) is 0. The van der Waals surface area contributed by atoms with Crippen LogP contribution in [0.15, 0.2) is 46.9 Å². The maximum atomic E-state index is 13.9. The predicted molar refractivity (Wildman–Crippen MR) is 85.1 cm³/mol. The van der Waals surface area contributed by atoms with Gasteiger partial charge in [-0.05, 0) is 47.9 Å². The highest BCUT2D eigenvalue weighted by atomic mass is 79.9. The van der Waals surface area contributed by atoms with E-state index in [9.17, 15) is 14.6 Å². The van der Waals surface area contributed by atoms with Crippen LogP contribution in [0.1, 0.15) is 11.1 Å². The molecule has 112 valence electrons. The van der Waals surface area contributed by atoms with Gasteiger partial charge < -0.3 is 10.2 Å². The fourth-order valence-electron chi connectivity index (χ4n) is 2.29. The van der Waals surface area contributed by atoms with Crippen molar-refractivity contribution in [1.29, 1.82) is 0 Å². The molecule has 0 saturated carbocycles. The third kappa shape index (κ3) is 3.64. The minimum Gasteiger partial charge on any atom is -0.395 e. The van der Waals surface area contributed by atoms with E-state index in [1.54, 1.807) is 12.1 Å². The standard InChI is InChI=1S/C16H15BrClFO2/c17-13-3-1-12(2-4-13)16(9-20,10-21)8-11-7-14(18)5-6-15(11)19/h1-7,20-21H,8-10H2. The molecule has 21 heavy (non-hydrogen) atoms. The summed E-state index contributed by atoms with van der Waals surface area (Å²) in [6.45, 7) is -0.589. The molecule has 2 nitrogen and oxygen atoms in total. The first-order valence-corrected chi connectivity index (χ1v) is 7.59. The second kappa shape index (κ2) is 6.88. The number of benzene rings is 2. The summed E-state index contributed by atoms with van der Waals surface area (Å²) >= 11 is 9.24. The largest absolute Gasteiger partial charge is 0.395 e. The molecule has 2 aromatic rings. The van der Waals surface area contributed by atoms with Gasteiger partial charge in [-0.15, -0.1) is 0 Å². The molecular weight excluding hydrogens is 359 g/mol. The highest BCUT2D eigenvalue weighted by Gasteiger charge is 2.32. The van der Waals surface area contributed by atoms with Gasteiger partial charge in [0, 0.05) is 14.9 Å². The first-order valence-electron chi connectivity index (χ1n) is 6.42. The van der Waals surface area contributed by atoms with Crippen molar-refractivity contribution < 1.29 is 14.6 Å². The summed E-state index contributed by atoms with van der Waals surface area (Å²) in [6, 6.07) is 11.5. The fourth-order valence-corrected chi connectivity index (χ4v) is 2.75. The van der Waals surface area contributed by atoms with Crippen LogP contribution in [0.5, 0.6) is 0 Å². The third-order valence-electron chi connectivity index (χ3n) is 3.60. The maximum absolute atomic E-state index is 13.9. The molecule has 5 heteroatoms. The average Bonchev–Trinajstić information content (AvgIpc) is 2.49. The van der Waals surface area contributed by atoms with Crippen molar-refractivity contribution in [3.63, 3.8) is 0 Å². The fraction of sp³-hybridized carbons (Fsp3) is 0.250. The summed E-state index contributed by atoms with van der Waals surface area (Å²) in [5.41, 5.74) is 0.162. The zero-order chi connectivity index (χ0) is 15.5. The highest BCUT2D eigenvalue weighted by Crippen LogP contribution is 2.31. The number of hydrogen-bond donors (Lipinski definition) is 2. The van der Waals surface area contributed by atoms with E-state index in [4.69, 9.17) is 11.6 Å².